The number of halogens is 3. The molecular weight excluding hydrogens is 239 g/mol. The first-order chi connectivity index (χ1) is 8.47. The average molecular weight is 259 g/mol. The minimum atomic E-state index is -4.02. The summed E-state index contributed by atoms with van der Waals surface area (Å²) in [6, 6.07) is 10.2. The molecular formula is C14H20F3N. The summed E-state index contributed by atoms with van der Waals surface area (Å²) in [5.74, 6) is 0. The van der Waals surface area contributed by atoms with Crippen LogP contribution >= 0.6 is 0 Å². The molecule has 0 aromatic heterocycles. The Hall–Kier alpha value is -1.03. The van der Waals surface area contributed by atoms with Crippen molar-refractivity contribution in [1.82, 2.24) is 5.32 Å². The van der Waals surface area contributed by atoms with Crippen LogP contribution in [-0.2, 0) is 6.42 Å². The van der Waals surface area contributed by atoms with Gasteiger partial charge in [0.2, 0.25) is 0 Å². The summed E-state index contributed by atoms with van der Waals surface area (Å²) in [5.41, 5.74) is 1.24. The van der Waals surface area contributed by atoms with Crippen LogP contribution in [0.3, 0.4) is 0 Å². The second-order valence-electron chi connectivity index (χ2n) is 4.60. The molecule has 0 spiro atoms. The van der Waals surface area contributed by atoms with Gasteiger partial charge in [-0.05, 0) is 38.3 Å². The molecule has 0 radical (unpaired) electrons. The van der Waals surface area contributed by atoms with Gasteiger partial charge in [-0.15, -0.1) is 0 Å². The molecule has 102 valence electrons. The van der Waals surface area contributed by atoms with Crippen LogP contribution in [0.25, 0.3) is 0 Å². The van der Waals surface area contributed by atoms with E-state index in [4.69, 9.17) is 0 Å². The first kappa shape index (κ1) is 15.0. The van der Waals surface area contributed by atoms with Gasteiger partial charge in [-0.3, -0.25) is 0 Å². The molecule has 1 unspecified atom stereocenters. The molecule has 1 atom stereocenters. The van der Waals surface area contributed by atoms with Crippen molar-refractivity contribution in [2.75, 3.05) is 6.54 Å². The molecule has 0 saturated carbocycles. The molecule has 0 aliphatic rings. The van der Waals surface area contributed by atoms with E-state index in [9.17, 15) is 13.2 Å². The number of hydrogen-bond donors (Lipinski definition) is 1. The maximum atomic E-state index is 12.0. The topological polar surface area (TPSA) is 12.0 Å². The normalized spacial score (nSPS) is 13.6. The van der Waals surface area contributed by atoms with E-state index in [1.165, 1.54) is 5.56 Å². The zero-order chi connectivity index (χ0) is 13.4. The van der Waals surface area contributed by atoms with Crippen molar-refractivity contribution in [2.45, 2.75) is 44.8 Å². The third-order valence-corrected chi connectivity index (χ3v) is 2.85. The van der Waals surface area contributed by atoms with Gasteiger partial charge < -0.3 is 5.32 Å². The fraction of sp³-hybridized carbons (Fsp3) is 0.571. The Kier molecular flexibility index (Phi) is 6.19. The summed E-state index contributed by atoms with van der Waals surface area (Å²) in [4.78, 5) is 0. The van der Waals surface area contributed by atoms with Gasteiger partial charge >= 0.3 is 6.18 Å². The van der Waals surface area contributed by atoms with Gasteiger partial charge in [-0.1, -0.05) is 30.3 Å². The van der Waals surface area contributed by atoms with Crippen LogP contribution in [0.15, 0.2) is 30.3 Å². The quantitative estimate of drug-likeness (QED) is 0.782. The maximum Gasteiger partial charge on any atom is 0.389 e. The molecule has 1 nitrogen and oxygen atoms in total. The van der Waals surface area contributed by atoms with Crippen molar-refractivity contribution in [3.05, 3.63) is 35.9 Å². The summed E-state index contributed by atoms with van der Waals surface area (Å²) >= 11 is 0. The first-order valence-corrected chi connectivity index (χ1v) is 6.31. The molecule has 0 heterocycles. The average Bonchev–Trinajstić information content (AvgIpc) is 2.28. The predicted octanol–water partition coefficient (Wildman–Crippen LogP) is 3.94. The molecule has 18 heavy (non-hydrogen) atoms. The molecule has 0 bridgehead atoms. The standard InChI is InChI=1S/C14H20F3N/c1-12(6-5-10-14(15,16)17)18-11-9-13-7-3-2-4-8-13/h2-4,7-8,12,18H,5-6,9-11H2,1H3. The Morgan fingerprint density at radius 2 is 1.83 bits per heavy atom. The van der Waals surface area contributed by atoms with E-state index in [1.807, 2.05) is 25.1 Å². The van der Waals surface area contributed by atoms with E-state index >= 15 is 0 Å². The fourth-order valence-electron chi connectivity index (χ4n) is 1.82. The highest BCUT2D eigenvalue weighted by Crippen LogP contribution is 2.22. The Morgan fingerprint density at radius 1 is 1.17 bits per heavy atom. The van der Waals surface area contributed by atoms with Crippen LogP contribution in [0.1, 0.15) is 31.7 Å². The van der Waals surface area contributed by atoms with Gasteiger partial charge in [-0.2, -0.15) is 13.2 Å². The van der Waals surface area contributed by atoms with Gasteiger partial charge in [-0.25, -0.2) is 0 Å². The zero-order valence-electron chi connectivity index (χ0n) is 10.6. The minimum Gasteiger partial charge on any atom is -0.314 e. The number of rotatable bonds is 7. The first-order valence-electron chi connectivity index (χ1n) is 6.31. The van der Waals surface area contributed by atoms with Crippen molar-refractivity contribution < 1.29 is 13.2 Å². The Balaban J connectivity index is 2.09. The van der Waals surface area contributed by atoms with E-state index in [0.29, 0.717) is 6.42 Å². The lowest BCUT2D eigenvalue weighted by atomic mass is 10.1. The molecule has 4 heteroatoms. The van der Waals surface area contributed by atoms with E-state index in [1.54, 1.807) is 0 Å². The third-order valence-electron chi connectivity index (χ3n) is 2.85. The highest BCUT2D eigenvalue weighted by Gasteiger charge is 2.26. The summed E-state index contributed by atoms with van der Waals surface area (Å²) < 4.78 is 35.9. The van der Waals surface area contributed by atoms with Crippen molar-refractivity contribution in [2.24, 2.45) is 0 Å². The summed E-state index contributed by atoms with van der Waals surface area (Å²) in [6.45, 7) is 2.73. The van der Waals surface area contributed by atoms with Gasteiger partial charge in [0.05, 0.1) is 0 Å². The molecule has 1 N–H and O–H groups in total. The Labute approximate surface area is 106 Å². The molecule has 1 aromatic rings. The number of hydrogen-bond acceptors (Lipinski definition) is 1. The SMILES string of the molecule is CC(CCCC(F)(F)F)NCCc1ccccc1. The van der Waals surface area contributed by atoms with Crippen LogP contribution in [0.5, 0.6) is 0 Å². The van der Waals surface area contributed by atoms with E-state index in [-0.39, 0.29) is 12.5 Å². The second kappa shape index (κ2) is 7.41. The summed E-state index contributed by atoms with van der Waals surface area (Å²) in [7, 11) is 0. The van der Waals surface area contributed by atoms with Crippen molar-refractivity contribution in [3.63, 3.8) is 0 Å². The summed E-state index contributed by atoms with van der Waals surface area (Å²) in [6.07, 6.45) is -3.04. The molecule has 1 aromatic carbocycles. The Morgan fingerprint density at radius 3 is 2.44 bits per heavy atom. The smallest absolute Gasteiger partial charge is 0.314 e. The summed E-state index contributed by atoms with van der Waals surface area (Å²) in [5, 5.41) is 3.25. The molecule has 0 aliphatic carbocycles. The number of alkyl halides is 3. The zero-order valence-corrected chi connectivity index (χ0v) is 10.6. The van der Waals surface area contributed by atoms with E-state index in [0.717, 1.165) is 13.0 Å². The Bertz CT molecular complexity index is 322. The van der Waals surface area contributed by atoms with Crippen LogP contribution in [0.2, 0.25) is 0 Å². The third kappa shape index (κ3) is 7.33. The van der Waals surface area contributed by atoms with Crippen LogP contribution < -0.4 is 5.32 Å². The van der Waals surface area contributed by atoms with Crippen molar-refractivity contribution in [3.8, 4) is 0 Å². The van der Waals surface area contributed by atoms with Crippen molar-refractivity contribution >= 4 is 0 Å². The maximum absolute atomic E-state index is 12.0. The highest BCUT2D eigenvalue weighted by molar-refractivity contribution is 5.14. The molecule has 0 aliphatic heterocycles. The predicted molar refractivity (Wildman–Crippen MR) is 67.5 cm³/mol. The lowest BCUT2D eigenvalue weighted by Gasteiger charge is -2.14. The van der Waals surface area contributed by atoms with E-state index < -0.39 is 12.6 Å². The molecule has 0 fully saturated rings. The highest BCUT2D eigenvalue weighted by atomic mass is 19.4. The molecule has 0 saturated heterocycles. The van der Waals surface area contributed by atoms with Gasteiger partial charge in [0.25, 0.3) is 0 Å². The lowest BCUT2D eigenvalue weighted by molar-refractivity contribution is -0.135. The number of nitrogens with one attached hydrogen (secondary N) is 1. The monoisotopic (exact) mass is 259 g/mol. The number of benzene rings is 1. The molecule has 0 amide bonds. The van der Waals surface area contributed by atoms with Crippen LogP contribution in [-0.4, -0.2) is 18.8 Å². The fourth-order valence-corrected chi connectivity index (χ4v) is 1.82. The van der Waals surface area contributed by atoms with Gasteiger partial charge in [0.1, 0.15) is 0 Å². The van der Waals surface area contributed by atoms with Crippen molar-refractivity contribution in [1.29, 1.82) is 0 Å². The van der Waals surface area contributed by atoms with Crippen LogP contribution in [0, 0.1) is 0 Å². The van der Waals surface area contributed by atoms with E-state index in [2.05, 4.69) is 17.4 Å². The second-order valence-corrected chi connectivity index (χ2v) is 4.60. The van der Waals surface area contributed by atoms with Gasteiger partial charge in [0.15, 0.2) is 0 Å². The van der Waals surface area contributed by atoms with Gasteiger partial charge in [0, 0.05) is 12.5 Å². The largest absolute Gasteiger partial charge is 0.389 e. The minimum absolute atomic E-state index is 0.135. The lowest BCUT2D eigenvalue weighted by Crippen LogP contribution is -2.28. The van der Waals surface area contributed by atoms with Crippen LogP contribution in [0.4, 0.5) is 13.2 Å². The molecule has 1 rings (SSSR count).